The Balaban J connectivity index is 1.31. The first-order chi connectivity index (χ1) is 12.2. The average Bonchev–Trinajstić information content (AvgIpc) is 3.05. The molecule has 6 nitrogen and oxygen atoms in total. The lowest BCUT2D eigenvalue weighted by molar-refractivity contribution is 0.0000581. The Hall–Kier alpha value is -2.34. The van der Waals surface area contributed by atoms with Gasteiger partial charge in [-0.15, -0.1) is 0 Å². The van der Waals surface area contributed by atoms with Crippen molar-refractivity contribution in [3.63, 3.8) is 0 Å². The summed E-state index contributed by atoms with van der Waals surface area (Å²) in [5, 5.41) is 7.82. The van der Waals surface area contributed by atoms with Crippen LogP contribution in [0, 0.1) is 5.41 Å². The smallest absolute Gasteiger partial charge is 0.410 e. The van der Waals surface area contributed by atoms with Gasteiger partial charge in [-0.3, -0.25) is 4.68 Å². The van der Waals surface area contributed by atoms with Crippen molar-refractivity contribution < 1.29 is 9.53 Å². The number of aryl methyl sites for hydroxylation is 1. The van der Waals surface area contributed by atoms with Gasteiger partial charge in [0.1, 0.15) is 6.61 Å². The molecule has 6 heteroatoms. The van der Waals surface area contributed by atoms with Crippen LogP contribution in [0.4, 0.5) is 4.79 Å². The fourth-order valence-corrected chi connectivity index (χ4v) is 3.96. The number of hydrogen-bond donors (Lipinski definition) is 1. The van der Waals surface area contributed by atoms with E-state index in [-0.39, 0.29) is 11.5 Å². The molecule has 0 aliphatic carbocycles. The van der Waals surface area contributed by atoms with Crippen LogP contribution in [0.25, 0.3) is 0 Å². The minimum absolute atomic E-state index is 0.205. The SMILES string of the molecule is Cn1cc([C@H]2NCC23CCN(C(=O)OCc2ccccc2)CC3)cn1. The molecule has 25 heavy (non-hydrogen) atoms. The van der Waals surface area contributed by atoms with Crippen LogP contribution >= 0.6 is 0 Å². The molecule has 0 bridgehead atoms. The molecule has 0 saturated carbocycles. The Morgan fingerprint density at radius 2 is 2.08 bits per heavy atom. The van der Waals surface area contributed by atoms with Gasteiger partial charge in [-0.1, -0.05) is 30.3 Å². The van der Waals surface area contributed by atoms with Gasteiger partial charge < -0.3 is 15.0 Å². The summed E-state index contributed by atoms with van der Waals surface area (Å²) >= 11 is 0. The van der Waals surface area contributed by atoms with E-state index in [9.17, 15) is 4.79 Å². The maximum Gasteiger partial charge on any atom is 0.410 e. The minimum atomic E-state index is -0.205. The van der Waals surface area contributed by atoms with Crippen molar-refractivity contribution in [1.29, 1.82) is 0 Å². The lowest BCUT2D eigenvalue weighted by Gasteiger charge is -2.54. The molecule has 2 fully saturated rings. The third kappa shape index (κ3) is 3.14. The van der Waals surface area contributed by atoms with E-state index in [1.54, 1.807) is 0 Å². The number of carbonyl (C=O) groups is 1. The Morgan fingerprint density at radius 1 is 1.32 bits per heavy atom. The molecule has 2 aliphatic rings. The molecule has 2 aliphatic heterocycles. The molecule has 2 aromatic rings. The van der Waals surface area contributed by atoms with E-state index in [1.165, 1.54) is 5.56 Å². The molecule has 4 rings (SSSR count). The van der Waals surface area contributed by atoms with E-state index < -0.39 is 0 Å². The highest BCUT2D eigenvalue weighted by Gasteiger charge is 2.49. The van der Waals surface area contributed by atoms with E-state index >= 15 is 0 Å². The zero-order valence-corrected chi connectivity index (χ0v) is 14.5. The highest BCUT2D eigenvalue weighted by atomic mass is 16.6. The molecule has 3 heterocycles. The van der Waals surface area contributed by atoms with Crippen LogP contribution in [0.2, 0.25) is 0 Å². The Bertz CT molecular complexity index is 735. The van der Waals surface area contributed by atoms with Crippen molar-refractivity contribution in [2.24, 2.45) is 12.5 Å². The molecule has 1 atom stereocenters. The van der Waals surface area contributed by atoms with E-state index in [0.717, 1.165) is 38.0 Å². The van der Waals surface area contributed by atoms with Crippen LogP contribution in [0.1, 0.15) is 30.0 Å². The predicted molar refractivity (Wildman–Crippen MR) is 93.8 cm³/mol. The molecule has 0 unspecified atom stereocenters. The molecule has 1 aromatic carbocycles. The van der Waals surface area contributed by atoms with Crippen molar-refractivity contribution in [2.75, 3.05) is 19.6 Å². The Labute approximate surface area is 147 Å². The molecule has 0 radical (unpaired) electrons. The number of aromatic nitrogens is 2. The second-order valence-corrected chi connectivity index (χ2v) is 7.15. The van der Waals surface area contributed by atoms with Crippen LogP contribution in [-0.4, -0.2) is 40.4 Å². The van der Waals surface area contributed by atoms with Crippen LogP contribution < -0.4 is 5.32 Å². The van der Waals surface area contributed by atoms with Crippen molar-refractivity contribution in [3.05, 3.63) is 53.9 Å². The summed E-state index contributed by atoms with van der Waals surface area (Å²) in [7, 11) is 1.94. The van der Waals surface area contributed by atoms with E-state index in [4.69, 9.17) is 4.74 Å². The first-order valence-corrected chi connectivity index (χ1v) is 8.84. The number of likely N-dealkylation sites (tertiary alicyclic amines) is 1. The van der Waals surface area contributed by atoms with Crippen LogP contribution in [0.3, 0.4) is 0 Å². The van der Waals surface area contributed by atoms with Crippen LogP contribution in [-0.2, 0) is 18.4 Å². The monoisotopic (exact) mass is 340 g/mol. The maximum atomic E-state index is 12.3. The van der Waals surface area contributed by atoms with Crippen molar-refractivity contribution in [1.82, 2.24) is 20.0 Å². The Morgan fingerprint density at radius 3 is 2.68 bits per heavy atom. The fourth-order valence-electron chi connectivity index (χ4n) is 3.96. The zero-order chi connectivity index (χ0) is 17.3. The number of ether oxygens (including phenoxy) is 1. The number of carbonyl (C=O) groups excluding carboxylic acids is 1. The van der Waals surface area contributed by atoms with Gasteiger partial charge in [0.15, 0.2) is 0 Å². The standard InChI is InChI=1S/C19H24N4O2/c1-22-12-16(11-21-22)17-19(14-20-17)7-9-23(10-8-19)18(24)25-13-15-5-3-2-4-6-15/h2-6,11-12,17,20H,7-10,13-14H2,1H3/t17-/m1/s1. The van der Waals surface area contributed by atoms with Gasteiger partial charge in [0.2, 0.25) is 0 Å². The summed E-state index contributed by atoms with van der Waals surface area (Å²) in [5.74, 6) is 0. The highest BCUT2D eigenvalue weighted by molar-refractivity contribution is 5.67. The average molecular weight is 340 g/mol. The van der Waals surface area contributed by atoms with Gasteiger partial charge in [-0.05, 0) is 18.4 Å². The third-order valence-electron chi connectivity index (χ3n) is 5.55. The normalized spacial score (nSPS) is 21.8. The second-order valence-electron chi connectivity index (χ2n) is 7.15. The number of nitrogens with one attached hydrogen (secondary N) is 1. The van der Waals surface area contributed by atoms with Gasteiger partial charge in [0, 0.05) is 49.9 Å². The molecule has 1 aromatic heterocycles. The van der Waals surface area contributed by atoms with Crippen molar-refractivity contribution in [3.8, 4) is 0 Å². The minimum Gasteiger partial charge on any atom is -0.445 e. The fraction of sp³-hybridized carbons (Fsp3) is 0.474. The quantitative estimate of drug-likeness (QED) is 0.933. The molecule has 2 saturated heterocycles. The van der Waals surface area contributed by atoms with E-state index in [2.05, 4.69) is 16.6 Å². The van der Waals surface area contributed by atoms with Crippen LogP contribution in [0.5, 0.6) is 0 Å². The van der Waals surface area contributed by atoms with Gasteiger partial charge in [-0.25, -0.2) is 4.79 Å². The van der Waals surface area contributed by atoms with Gasteiger partial charge >= 0.3 is 6.09 Å². The molecule has 132 valence electrons. The summed E-state index contributed by atoms with van der Waals surface area (Å²) in [6.45, 7) is 2.86. The first-order valence-electron chi connectivity index (χ1n) is 8.84. The van der Waals surface area contributed by atoms with Crippen molar-refractivity contribution in [2.45, 2.75) is 25.5 Å². The van der Waals surface area contributed by atoms with Crippen LogP contribution in [0.15, 0.2) is 42.7 Å². The highest BCUT2D eigenvalue weighted by Crippen LogP contribution is 2.48. The number of amides is 1. The summed E-state index contributed by atoms with van der Waals surface area (Å²) < 4.78 is 7.31. The molecular weight excluding hydrogens is 316 g/mol. The predicted octanol–water partition coefficient (Wildman–Crippen LogP) is 2.48. The number of rotatable bonds is 3. The van der Waals surface area contributed by atoms with Gasteiger partial charge in [0.25, 0.3) is 0 Å². The third-order valence-corrected chi connectivity index (χ3v) is 5.55. The zero-order valence-electron chi connectivity index (χ0n) is 14.5. The van der Waals surface area contributed by atoms with Crippen molar-refractivity contribution >= 4 is 6.09 Å². The number of benzene rings is 1. The molecule has 1 spiro atoms. The van der Waals surface area contributed by atoms with E-state index in [1.807, 2.05) is 53.2 Å². The second kappa shape index (κ2) is 6.52. The first kappa shape index (κ1) is 16.1. The number of piperidine rings is 1. The topological polar surface area (TPSA) is 59.4 Å². The Kier molecular flexibility index (Phi) is 4.21. The van der Waals surface area contributed by atoms with Gasteiger partial charge in [0.05, 0.1) is 6.20 Å². The van der Waals surface area contributed by atoms with Gasteiger partial charge in [-0.2, -0.15) is 5.10 Å². The molecule has 1 N–H and O–H groups in total. The maximum absolute atomic E-state index is 12.3. The number of nitrogens with zero attached hydrogens (tertiary/aromatic N) is 3. The summed E-state index contributed by atoms with van der Waals surface area (Å²) in [6.07, 6.45) is 5.82. The largest absolute Gasteiger partial charge is 0.445 e. The van der Waals surface area contributed by atoms with E-state index in [0.29, 0.717) is 12.6 Å². The summed E-state index contributed by atoms with van der Waals surface area (Å²) in [4.78, 5) is 14.2. The summed E-state index contributed by atoms with van der Waals surface area (Å²) in [5.41, 5.74) is 2.51. The number of hydrogen-bond acceptors (Lipinski definition) is 4. The molecular formula is C19H24N4O2. The summed E-state index contributed by atoms with van der Waals surface area (Å²) in [6, 6.07) is 10.2. The lowest BCUT2D eigenvalue weighted by Crippen LogP contribution is -2.60. The lowest BCUT2D eigenvalue weighted by atomic mass is 9.65. The molecule has 1 amide bonds.